The molecule has 5 nitrogen and oxygen atoms in total. The van der Waals surface area contributed by atoms with Crippen molar-refractivity contribution in [2.45, 2.75) is 19.3 Å². The fourth-order valence-corrected chi connectivity index (χ4v) is 3.25. The van der Waals surface area contributed by atoms with Crippen molar-refractivity contribution < 1.29 is 14.3 Å². The molecule has 1 aliphatic heterocycles. The van der Waals surface area contributed by atoms with Crippen LogP contribution in [-0.4, -0.2) is 25.7 Å². The monoisotopic (exact) mass is 346 g/mol. The van der Waals surface area contributed by atoms with Crippen molar-refractivity contribution in [3.63, 3.8) is 0 Å². The Kier molecular flexibility index (Phi) is 5.78. The number of carbonyl (C=O) groups is 1. The van der Waals surface area contributed by atoms with Crippen molar-refractivity contribution in [1.82, 2.24) is 0 Å². The molecule has 2 atom stereocenters. The molecule has 1 aliphatic carbocycles. The van der Waals surface area contributed by atoms with Crippen LogP contribution in [0, 0.1) is 11.8 Å². The first-order chi connectivity index (χ1) is 10.2. The van der Waals surface area contributed by atoms with Gasteiger partial charge in [-0.2, -0.15) is 0 Å². The second-order valence-corrected chi connectivity index (χ2v) is 5.91. The molecule has 1 amide bonds. The van der Waals surface area contributed by atoms with E-state index in [0.717, 1.165) is 19.3 Å². The van der Waals surface area contributed by atoms with Gasteiger partial charge in [-0.1, -0.05) is 18.0 Å². The zero-order valence-electron chi connectivity index (χ0n) is 12.1. The highest BCUT2D eigenvalue weighted by atomic mass is 35.5. The summed E-state index contributed by atoms with van der Waals surface area (Å²) in [7, 11) is 0. The average Bonchev–Trinajstić information content (AvgIpc) is 2.96. The van der Waals surface area contributed by atoms with Crippen molar-refractivity contribution in [2.75, 3.05) is 25.1 Å². The van der Waals surface area contributed by atoms with E-state index in [1.165, 1.54) is 0 Å². The molecule has 0 spiro atoms. The molecule has 7 heteroatoms. The number of hydrogen-bond acceptors (Lipinski definition) is 4. The van der Waals surface area contributed by atoms with Gasteiger partial charge >= 0.3 is 0 Å². The minimum atomic E-state index is -0.0285. The molecule has 0 radical (unpaired) electrons. The minimum Gasteiger partial charge on any atom is -0.486 e. The third-order valence-electron chi connectivity index (χ3n) is 4.19. The van der Waals surface area contributed by atoms with Crippen molar-refractivity contribution in [1.29, 1.82) is 0 Å². The van der Waals surface area contributed by atoms with E-state index < -0.39 is 0 Å². The van der Waals surface area contributed by atoms with Gasteiger partial charge in [0.05, 0.1) is 10.7 Å². The largest absolute Gasteiger partial charge is 0.486 e. The van der Waals surface area contributed by atoms with Gasteiger partial charge in [-0.05, 0) is 25.3 Å². The van der Waals surface area contributed by atoms with Gasteiger partial charge in [-0.25, -0.2) is 0 Å². The van der Waals surface area contributed by atoms with E-state index in [1.54, 1.807) is 12.1 Å². The van der Waals surface area contributed by atoms with Crippen LogP contribution in [0.1, 0.15) is 19.3 Å². The summed E-state index contributed by atoms with van der Waals surface area (Å²) in [5.74, 6) is 1.45. The Morgan fingerprint density at radius 2 is 1.95 bits per heavy atom. The lowest BCUT2D eigenvalue weighted by Gasteiger charge is -2.21. The molecule has 3 rings (SSSR count). The Morgan fingerprint density at radius 3 is 2.64 bits per heavy atom. The predicted molar refractivity (Wildman–Crippen MR) is 88.2 cm³/mol. The average molecular weight is 347 g/mol. The summed E-state index contributed by atoms with van der Waals surface area (Å²) < 4.78 is 11.0. The van der Waals surface area contributed by atoms with Crippen LogP contribution in [0.4, 0.5) is 5.69 Å². The normalized spacial score (nSPS) is 22.8. The highest BCUT2D eigenvalue weighted by molar-refractivity contribution is 6.34. The van der Waals surface area contributed by atoms with Crippen LogP contribution >= 0.6 is 24.0 Å². The second-order valence-electron chi connectivity index (χ2n) is 5.50. The topological polar surface area (TPSA) is 73.6 Å². The number of nitrogens with two attached hydrogens (primary N) is 1. The lowest BCUT2D eigenvalue weighted by molar-refractivity contribution is -0.120. The van der Waals surface area contributed by atoms with Gasteiger partial charge in [0, 0.05) is 18.1 Å². The molecule has 1 saturated carbocycles. The van der Waals surface area contributed by atoms with Crippen molar-refractivity contribution >= 4 is 35.6 Å². The lowest BCUT2D eigenvalue weighted by atomic mass is 9.95. The summed E-state index contributed by atoms with van der Waals surface area (Å²) >= 11 is 6.21. The molecule has 0 aromatic heterocycles. The third kappa shape index (κ3) is 3.42. The molecule has 0 bridgehead atoms. The molecular weight excluding hydrogens is 327 g/mol. The number of hydrogen-bond donors (Lipinski definition) is 2. The van der Waals surface area contributed by atoms with Crippen LogP contribution in [0.25, 0.3) is 0 Å². The van der Waals surface area contributed by atoms with E-state index in [-0.39, 0.29) is 30.2 Å². The Balaban J connectivity index is 0.00000176. The van der Waals surface area contributed by atoms with Crippen molar-refractivity contribution in [3.05, 3.63) is 17.2 Å². The second kappa shape index (κ2) is 7.40. The quantitative estimate of drug-likeness (QED) is 0.882. The van der Waals surface area contributed by atoms with Crippen LogP contribution < -0.4 is 20.5 Å². The number of nitrogens with one attached hydrogen (secondary N) is 1. The molecule has 1 heterocycles. The smallest absolute Gasteiger partial charge is 0.227 e. The number of carbonyl (C=O) groups excluding carboxylic acids is 1. The maximum Gasteiger partial charge on any atom is 0.227 e. The van der Waals surface area contributed by atoms with Gasteiger partial charge in [-0.15, -0.1) is 12.4 Å². The maximum atomic E-state index is 12.4. The summed E-state index contributed by atoms with van der Waals surface area (Å²) in [5, 5.41) is 3.36. The van der Waals surface area contributed by atoms with E-state index in [1.807, 2.05) is 0 Å². The Labute approximate surface area is 140 Å². The van der Waals surface area contributed by atoms with Crippen LogP contribution in [0.5, 0.6) is 11.5 Å². The molecule has 122 valence electrons. The molecular formula is C15H20Cl2N2O3. The van der Waals surface area contributed by atoms with Crippen molar-refractivity contribution in [2.24, 2.45) is 17.6 Å². The van der Waals surface area contributed by atoms with Gasteiger partial charge in [0.25, 0.3) is 0 Å². The number of benzene rings is 1. The van der Waals surface area contributed by atoms with Gasteiger partial charge in [0.15, 0.2) is 11.5 Å². The summed E-state index contributed by atoms with van der Waals surface area (Å²) in [6.07, 6.45) is 2.95. The Bertz CT molecular complexity index is 554. The molecule has 1 aromatic rings. The summed E-state index contributed by atoms with van der Waals surface area (Å²) in [4.78, 5) is 12.4. The van der Waals surface area contributed by atoms with Crippen molar-refractivity contribution in [3.8, 4) is 11.5 Å². The SMILES string of the molecule is Cl.NC[C@H]1CCC[C@H]1C(=O)Nc1cc2c(cc1Cl)OCCO2. The first kappa shape index (κ1) is 17.2. The Morgan fingerprint density at radius 1 is 1.27 bits per heavy atom. The molecule has 1 aromatic carbocycles. The summed E-state index contributed by atoms with van der Waals surface area (Å²) in [5.41, 5.74) is 6.30. The number of fused-ring (bicyclic) bond motifs is 1. The molecule has 2 aliphatic rings. The van der Waals surface area contributed by atoms with Gasteiger partial charge in [0.2, 0.25) is 5.91 Å². The highest BCUT2D eigenvalue weighted by Crippen LogP contribution is 2.39. The zero-order chi connectivity index (χ0) is 14.8. The molecule has 0 saturated heterocycles. The number of halogens is 2. The van der Waals surface area contributed by atoms with E-state index in [9.17, 15) is 4.79 Å². The molecule has 3 N–H and O–H groups in total. The molecule has 22 heavy (non-hydrogen) atoms. The van der Waals surface area contributed by atoms with E-state index in [0.29, 0.717) is 42.0 Å². The van der Waals surface area contributed by atoms with Crippen LogP contribution in [-0.2, 0) is 4.79 Å². The lowest BCUT2D eigenvalue weighted by Crippen LogP contribution is -2.29. The number of anilines is 1. The molecule has 1 fully saturated rings. The first-order valence-electron chi connectivity index (χ1n) is 7.29. The highest BCUT2D eigenvalue weighted by Gasteiger charge is 2.32. The van der Waals surface area contributed by atoms with E-state index in [2.05, 4.69) is 5.32 Å². The number of ether oxygens (including phenoxy) is 2. The van der Waals surface area contributed by atoms with E-state index >= 15 is 0 Å². The van der Waals surface area contributed by atoms with E-state index in [4.69, 9.17) is 26.8 Å². The fourth-order valence-electron chi connectivity index (χ4n) is 3.05. The van der Waals surface area contributed by atoms with Crippen LogP contribution in [0.3, 0.4) is 0 Å². The summed E-state index contributed by atoms with van der Waals surface area (Å²) in [6, 6.07) is 3.40. The number of amides is 1. The predicted octanol–water partition coefficient (Wildman–Crippen LogP) is 2.85. The maximum absolute atomic E-state index is 12.4. The third-order valence-corrected chi connectivity index (χ3v) is 4.50. The fraction of sp³-hybridized carbons (Fsp3) is 0.533. The molecule has 0 unspecified atom stereocenters. The Hall–Kier alpha value is -1.17. The van der Waals surface area contributed by atoms with Gasteiger partial charge in [0.1, 0.15) is 13.2 Å². The summed E-state index contributed by atoms with van der Waals surface area (Å²) in [6.45, 7) is 1.56. The first-order valence-corrected chi connectivity index (χ1v) is 7.67. The minimum absolute atomic E-state index is 0. The van der Waals surface area contributed by atoms with Gasteiger partial charge < -0.3 is 20.5 Å². The number of rotatable bonds is 3. The standard InChI is InChI=1S/C15H19ClN2O3.ClH/c16-11-6-13-14(21-5-4-20-13)7-12(11)18-15(19)10-3-1-2-9(10)8-17;/h6-7,9-10H,1-5,8,17H2,(H,18,19);1H/t9-,10-;/m1./s1. The van der Waals surface area contributed by atoms with Gasteiger partial charge in [-0.3, -0.25) is 4.79 Å². The zero-order valence-corrected chi connectivity index (χ0v) is 13.7. The van der Waals surface area contributed by atoms with Crippen LogP contribution in [0.15, 0.2) is 12.1 Å². The van der Waals surface area contributed by atoms with Crippen LogP contribution in [0.2, 0.25) is 5.02 Å².